The van der Waals surface area contributed by atoms with E-state index in [9.17, 15) is 9.90 Å². The Balaban J connectivity index is 1.13. The van der Waals surface area contributed by atoms with Gasteiger partial charge in [-0.2, -0.15) is 0 Å². The van der Waals surface area contributed by atoms with Crippen LogP contribution < -0.4 is 10.0 Å². The van der Waals surface area contributed by atoms with E-state index in [0.717, 1.165) is 37.6 Å². The van der Waals surface area contributed by atoms with Gasteiger partial charge in [-0.3, -0.25) is 4.79 Å². The second-order valence-electron chi connectivity index (χ2n) is 14.2. The molecule has 0 saturated carbocycles. The third-order valence-corrected chi connectivity index (χ3v) is 9.93. The van der Waals surface area contributed by atoms with E-state index in [4.69, 9.17) is 0 Å². The van der Waals surface area contributed by atoms with Crippen LogP contribution in [0.2, 0.25) is 0 Å². The molecule has 258 valence electrons. The molecule has 0 spiro atoms. The van der Waals surface area contributed by atoms with E-state index >= 15 is 0 Å². The first-order valence-corrected chi connectivity index (χ1v) is 18.0. The minimum atomic E-state index is -0.196. The van der Waals surface area contributed by atoms with Gasteiger partial charge >= 0.3 is 0 Å². The maximum absolute atomic E-state index is 13.6. The topological polar surface area (TPSA) is 46.4 Å². The van der Waals surface area contributed by atoms with Gasteiger partial charge in [-0.25, -0.2) is 4.58 Å². The summed E-state index contributed by atoms with van der Waals surface area (Å²) < 4.78 is 2.33. The maximum atomic E-state index is 13.6. The molecule has 0 saturated heterocycles. The number of benzene rings is 5. The molecule has 0 fully saturated rings. The molecule has 5 aromatic rings. The first-order valence-electron chi connectivity index (χ1n) is 18.0. The number of allylic oxidation sites excluding steroid dienone is 7. The van der Waals surface area contributed by atoms with Crippen molar-refractivity contribution in [1.82, 2.24) is 0 Å². The molecule has 0 atom stereocenters. The highest BCUT2D eigenvalue weighted by atomic mass is 16.3. The minimum absolute atomic E-state index is 0.196. The molecule has 5 aromatic carbocycles. The maximum Gasteiger partial charge on any atom is 0.200 e. The van der Waals surface area contributed by atoms with E-state index in [2.05, 4.69) is 134 Å². The Kier molecular flexibility index (Phi) is 9.99. The Morgan fingerprint density at radius 3 is 1.31 bits per heavy atom. The molecule has 7 rings (SSSR count). The molecule has 2 aliphatic rings. The van der Waals surface area contributed by atoms with Gasteiger partial charge in [0.15, 0.2) is 18.9 Å². The lowest BCUT2D eigenvalue weighted by Crippen LogP contribution is -2.30. The molecule has 0 amide bonds. The van der Waals surface area contributed by atoms with Crippen molar-refractivity contribution in [3.63, 3.8) is 0 Å². The van der Waals surface area contributed by atoms with Crippen molar-refractivity contribution in [2.45, 2.75) is 53.9 Å². The quantitative estimate of drug-likeness (QED) is 0.109. The van der Waals surface area contributed by atoms with E-state index in [-0.39, 0.29) is 22.7 Å². The standard InChI is InChI=1S/C48H44N2O2/c1-33-5-13-37(14-6-33)29-49(30-38-15-7-34(2)8-16-38)43-25-21-41(22-26-43)45-47(51)46(48(45)52)42-23-27-44(28-24-42)50(31-39-17-9-35(3)10-18-39)32-40-19-11-36(4)12-20-40/h5-28H,29-32H2,1-4H3. The molecule has 0 unspecified atom stereocenters. The molecule has 2 aliphatic carbocycles. The summed E-state index contributed by atoms with van der Waals surface area (Å²) in [5, 5.41) is 13.6. The zero-order chi connectivity index (χ0) is 36.2. The number of aryl methyl sites for hydroxylation is 4. The first kappa shape index (κ1) is 34.4. The fourth-order valence-electron chi connectivity index (χ4n) is 6.73. The van der Waals surface area contributed by atoms with Crippen molar-refractivity contribution in [2.24, 2.45) is 0 Å². The predicted octanol–water partition coefficient (Wildman–Crippen LogP) is 9.06. The van der Waals surface area contributed by atoms with Crippen molar-refractivity contribution in [1.29, 1.82) is 0 Å². The molecule has 4 nitrogen and oxygen atoms in total. The molecule has 0 aromatic heterocycles. The Morgan fingerprint density at radius 1 is 0.500 bits per heavy atom. The fraction of sp³-hybridized carbons (Fsp3) is 0.167. The lowest BCUT2D eigenvalue weighted by Gasteiger charge is -2.32. The summed E-state index contributed by atoms with van der Waals surface area (Å²) >= 11 is 0. The van der Waals surface area contributed by atoms with Crippen LogP contribution >= 0.6 is 0 Å². The van der Waals surface area contributed by atoms with Gasteiger partial charge in [0.05, 0.1) is 0 Å². The Morgan fingerprint density at radius 2 is 0.904 bits per heavy atom. The van der Waals surface area contributed by atoms with Crippen molar-refractivity contribution in [3.8, 4) is 0 Å². The Hall–Kier alpha value is -6.00. The molecule has 0 radical (unpaired) electrons. The van der Waals surface area contributed by atoms with E-state index in [1.165, 1.54) is 44.5 Å². The average molecular weight is 681 g/mol. The van der Waals surface area contributed by atoms with Crippen LogP contribution in [0.25, 0.3) is 5.57 Å². The highest BCUT2D eigenvalue weighted by Crippen LogP contribution is 2.38. The number of rotatable bonds is 10. The summed E-state index contributed by atoms with van der Waals surface area (Å²) in [6.45, 7) is 11.3. The van der Waals surface area contributed by atoms with Crippen molar-refractivity contribution < 1.29 is 14.5 Å². The number of carbonyl (C=O) groups is 1. The van der Waals surface area contributed by atoms with Gasteiger partial charge in [-0.1, -0.05) is 137 Å². The zero-order valence-electron chi connectivity index (χ0n) is 30.4. The SMILES string of the molecule is Cc1ccc(CN(Cc2ccc(C)cc2)c2ccc(C3=C([O-])C(=C4C=CC(=[N+](Cc5ccc(C)cc5)Cc5ccc(C)cc5)C=C4)C3=O)cc2)cc1. The van der Waals surface area contributed by atoms with Gasteiger partial charge in [0.25, 0.3) is 0 Å². The normalized spacial score (nSPS) is 13.8. The Labute approximate surface area is 307 Å². The fourth-order valence-corrected chi connectivity index (χ4v) is 6.73. The van der Waals surface area contributed by atoms with E-state index in [1.54, 1.807) is 0 Å². The molecule has 0 N–H and O–H groups in total. The number of Topliss-reactive ketones (excluding diaryl/α,β-unsaturated/α-hetero) is 1. The summed E-state index contributed by atoms with van der Waals surface area (Å²) in [4.78, 5) is 15.9. The average Bonchev–Trinajstić information content (AvgIpc) is 3.15. The van der Waals surface area contributed by atoms with Crippen LogP contribution in [-0.4, -0.2) is 16.1 Å². The van der Waals surface area contributed by atoms with Crippen LogP contribution in [0.3, 0.4) is 0 Å². The molecule has 0 aliphatic heterocycles. The number of nitrogens with zero attached hydrogens (tertiary/aromatic N) is 2. The highest BCUT2D eigenvalue weighted by molar-refractivity contribution is 6.39. The third-order valence-electron chi connectivity index (χ3n) is 9.93. The number of hydrogen-bond donors (Lipinski definition) is 0. The second-order valence-corrected chi connectivity index (χ2v) is 14.2. The minimum Gasteiger partial charge on any atom is -0.871 e. The van der Waals surface area contributed by atoms with Gasteiger partial charge < -0.3 is 10.0 Å². The van der Waals surface area contributed by atoms with E-state index < -0.39 is 0 Å². The largest absolute Gasteiger partial charge is 0.871 e. The van der Waals surface area contributed by atoms with Gasteiger partial charge in [-0.05, 0) is 74.2 Å². The van der Waals surface area contributed by atoms with Crippen LogP contribution in [0, 0.1) is 27.7 Å². The molecular weight excluding hydrogens is 637 g/mol. The van der Waals surface area contributed by atoms with Gasteiger partial charge in [-0.15, -0.1) is 0 Å². The van der Waals surface area contributed by atoms with Crippen LogP contribution in [-0.2, 0) is 31.0 Å². The number of anilines is 1. The molecular formula is C48H44N2O2. The van der Waals surface area contributed by atoms with E-state index in [0.29, 0.717) is 11.1 Å². The summed E-state index contributed by atoms with van der Waals surface area (Å²) in [6, 6.07) is 42.3. The number of hydrogen-bond acceptors (Lipinski definition) is 3. The van der Waals surface area contributed by atoms with Crippen LogP contribution in [0.15, 0.2) is 163 Å². The monoisotopic (exact) mass is 680 g/mol. The van der Waals surface area contributed by atoms with Gasteiger partial charge in [0.1, 0.15) is 0 Å². The van der Waals surface area contributed by atoms with Crippen LogP contribution in [0.1, 0.15) is 50.1 Å². The highest BCUT2D eigenvalue weighted by Gasteiger charge is 2.31. The molecule has 0 bridgehead atoms. The first-order chi connectivity index (χ1) is 25.2. The van der Waals surface area contributed by atoms with E-state index in [1.807, 2.05) is 48.6 Å². The molecule has 52 heavy (non-hydrogen) atoms. The Bertz CT molecular complexity index is 2130. The van der Waals surface area contributed by atoms with Crippen molar-refractivity contribution in [2.75, 3.05) is 4.90 Å². The second kappa shape index (κ2) is 15.1. The van der Waals surface area contributed by atoms with Crippen LogP contribution in [0.4, 0.5) is 5.69 Å². The van der Waals surface area contributed by atoms with Gasteiger partial charge in [0.2, 0.25) is 5.71 Å². The van der Waals surface area contributed by atoms with Crippen LogP contribution in [0.5, 0.6) is 0 Å². The predicted molar refractivity (Wildman–Crippen MR) is 211 cm³/mol. The number of ketones is 1. The summed E-state index contributed by atoms with van der Waals surface area (Å²) in [5.74, 6) is -0.393. The van der Waals surface area contributed by atoms with Gasteiger partial charge in [0, 0.05) is 53.2 Å². The van der Waals surface area contributed by atoms with Crippen molar-refractivity contribution in [3.05, 3.63) is 213 Å². The van der Waals surface area contributed by atoms with Crippen molar-refractivity contribution >= 4 is 22.8 Å². The summed E-state index contributed by atoms with van der Waals surface area (Å²) in [7, 11) is 0. The third kappa shape index (κ3) is 7.82. The molecule has 4 heteroatoms. The number of carbonyl (C=O) groups excluding carboxylic acids is 1. The summed E-state index contributed by atoms with van der Waals surface area (Å²) in [6.07, 6.45) is 7.86. The molecule has 0 heterocycles. The lowest BCUT2D eigenvalue weighted by molar-refractivity contribution is -0.558. The smallest absolute Gasteiger partial charge is 0.200 e. The zero-order valence-corrected chi connectivity index (χ0v) is 30.4. The summed E-state index contributed by atoms with van der Waals surface area (Å²) in [5.41, 5.74) is 13.7. The lowest BCUT2D eigenvalue weighted by atomic mass is 9.80.